The standard InChI is InChI=1S/C15H16F2N4O/c16-12-1-2-13(17)11(9-12)10-22-15-19-4-3-14(20-15)21-7-5-18-6-8-21/h1-4,9,18H,5-8,10H2. The third-order valence-corrected chi connectivity index (χ3v) is 3.42. The van der Waals surface area contributed by atoms with Crippen molar-refractivity contribution in [3.05, 3.63) is 47.7 Å². The second-order valence-corrected chi connectivity index (χ2v) is 4.96. The molecule has 5 nitrogen and oxygen atoms in total. The molecule has 1 aliphatic heterocycles. The van der Waals surface area contributed by atoms with Crippen LogP contribution in [0.15, 0.2) is 30.5 Å². The Labute approximate surface area is 127 Å². The van der Waals surface area contributed by atoms with Gasteiger partial charge in [0, 0.05) is 37.9 Å². The van der Waals surface area contributed by atoms with Crippen LogP contribution in [-0.4, -0.2) is 36.1 Å². The molecule has 7 heteroatoms. The summed E-state index contributed by atoms with van der Waals surface area (Å²) in [4.78, 5) is 10.4. The number of nitrogens with zero attached hydrogens (tertiary/aromatic N) is 3. The maximum atomic E-state index is 13.5. The first-order chi connectivity index (χ1) is 10.7. The molecule has 0 radical (unpaired) electrons. The Morgan fingerprint density at radius 1 is 1.18 bits per heavy atom. The average Bonchev–Trinajstić information content (AvgIpc) is 2.57. The summed E-state index contributed by atoms with van der Waals surface area (Å²) >= 11 is 0. The van der Waals surface area contributed by atoms with Gasteiger partial charge in [-0.05, 0) is 24.3 Å². The highest BCUT2D eigenvalue weighted by Crippen LogP contribution is 2.16. The molecule has 2 heterocycles. The first-order valence-electron chi connectivity index (χ1n) is 7.08. The molecule has 1 saturated heterocycles. The van der Waals surface area contributed by atoms with E-state index in [1.54, 1.807) is 12.3 Å². The summed E-state index contributed by atoms with van der Waals surface area (Å²) in [5.41, 5.74) is 0.135. The zero-order valence-corrected chi connectivity index (χ0v) is 11.9. The van der Waals surface area contributed by atoms with Gasteiger partial charge in [-0.2, -0.15) is 4.98 Å². The third-order valence-electron chi connectivity index (χ3n) is 3.42. The molecule has 1 fully saturated rings. The van der Waals surface area contributed by atoms with Gasteiger partial charge in [0.1, 0.15) is 24.1 Å². The lowest BCUT2D eigenvalue weighted by Gasteiger charge is -2.28. The van der Waals surface area contributed by atoms with E-state index in [-0.39, 0.29) is 18.2 Å². The first-order valence-corrected chi connectivity index (χ1v) is 7.08. The van der Waals surface area contributed by atoms with Crippen molar-refractivity contribution in [2.45, 2.75) is 6.61 Å². The van der Waals surface area contributed by atoms with E-state index >= 15 is 0 Å². The van der Waals surface area contributed by atoms with E-state index in [1.807, 2.05) is 0 Å². The van der Waals surface area contributed by atoms with Crippen molar-refractivity contribution in [1.82, 2.24) is 15.3 Å². The number of anilines is 1. The van der Waals surface area contributed by atoms with Gasteiger partial charge in [0.15, 0.2) is 0 Å². The minimum atomic E-state index is -0.514. The number of hydrogen-bond acceptors (Lipinski definition) is 5. The summed E-state index contributed by atoms with van der Waals surface area (Å²) < 4.78 is 32.0. The van der Waals surface area contributed by atoms with Gasteiger partial charge in [-0.1, -0.05) is 0 Å². The summed E-state index contributed by atoms with van der Waals surface area (Å²) in [6, 6.07) is 5.21. The Balaban J connectivity index is 1.68. The Morgan fingerprint density at radius 3 is 2.82 bits per heavy atom. The molecule has 1 aromatic carbocycles. The Hall–Kier alpha value is -2.28. The number of benzene rings is 1. The Bertz CT molecular complexity index is 647. The summed E-state index contributed by atoms with van der Waals surface area (Å²) in [5.74, 6) is -0.249. The average molecular weight is 306 g/mol. The van der Waals surface area contributed by atoms with Crippen LogP contribution in [0, 0.1) is 11.6 Å². The van der Waals surface area contributed by atoms with Crippen molar-refractivity contribution in [3.63, 3.8) is 0 Å². The number of nitrogens with one attached hydrogen (secondary N) is 1. The largest absolute Gasteiger partial charge is 0.458 e. The number of halogens is 2. The summed E-state index contributed by atoms with van der Waals surface area (Å²) in [6.45, 7) is 3.39. The van der Waals surface area contributed by atoms with Crippen LogP contribution >= 0.6 is 0 Å². The molecular weight excluding hydrogens is 290 g/mol. The molecule has 0 aliphatic carbocycles. The second kappa shape index (κ2) is 6.65. The summed E-state index contributed by atoms with van der Waals surface area (Å²) in [6.07, 6.45) is 1.60. The van der Waals surface area contributed by atoms with Gasteiger partial charge < -0.3 is 15.0 Å². The van der Waals surface area contributed by atoms with Gasteiger partial charge in [-0.3, -0.25) is 0 Å². The fourth-order valence-electron chi connectivity index (χ4n) is 2.27. The molecule has 0 unspecified atom stereocenters. The Kier molecular flexibility index (Phi) is 4.43. The third kappa shape index (κ3) is 3.48. The van der Waals surface area contributed by atoms with Crippen molar-refractivity contribution in [3.8, 4) is 6.01 Å². The van der Waals surface area contributed by atoms with Gasteiger partial charge in [-0.15, -0.1) is 0 Å². The minimum Gasteiger partial charge on any atom is -0.458 e. The van der Waals surface area contributed by atoms with Crippen LogP contribution in [0.2, 0.25) is 0 Å². The van der Waals surface area contributed by atoms with Gasteiger partial charge in [-0.25, -0.2) is 13.8 Å². The predicted molar refractivity (Wildman–Crippen MR) is 77.8 cm³/mol. The van der Waals surface area contributed by atoms with Crippen molar-refractivity contribution < 1.29 is 13.5 Å². The molecule has 0 saturated carbocycles. The van der Waals surface area contributed by atoms with E-state index in [4.69, 9.17) is 4.74 Å². The van der Waals surface area contributed by atoms with Crippen molar-refractivity contribution >= 4 is 5.82 Å². The van der Waals surface area contributed by atoms with E-state index < -0.39 is 11.6 Å². The predicted octanol–water partition coefficient (Wildman–Crippen LogP) is 1.74. The van der Waals surface area contributed by atoms with Crippen molar-refractivity contribution in [2.75, 3.05) is 31.1 Å². The topological polar surface area (TPSA) is 50.3 Å². The maximum absolute atomic E-state index is 13.5. The summed E-state index contributed by atoms with van der Waals surface area (Å²) in [7, 11) is 0. The molecule has 2 aromatic rings. The van der Waals surface area contributed by atoms with Crippen LogP contribution in [0.1, 0.15) is 5.56 Å². The number of aromatic nitrogens is 2. The first kappa shape index (κ1) is 14.6. The monoisotopic (exact) mass is 306 g/mol. The lowest BCUT2D eigenvalue weighted by atomic mass is 10.2. The van der Waals surface area contributed by atoms with Crippen LogP contribution in [-0.2, 0) is 6.61 Å². The van der Waals surface area contributed by atoms with Crippen LogP contribution in [0.3, 0.4) is 0 Å². The fourth-order valence-corrected chi connectivity index (χ4v) is 2.27. The van der Waals surface area contributed by atoms with Gasteiger partial charge in [0.2, 0.25) is 0 Å². The van der Waals surface area contributed by atoms with Crippen LogP contribution in [0.5, 0.6) is 6.01 Å². The van der Waals surface area contributed by atoms with E-state index in [0.29, 0.717) is 0 Å². The number of rotatable bonds is 4. The number of piperazine rings is 1. The molecule has 0 bridgehead atoms. The van der Waals surface area contributed by atoms with Crippen LogP contribution in [0.4, 0.5) is 14.6 Å². The van der Waals surface area contributed by atoms with Crippen LogP contribution < -0.4 is 15.0 Å². The molecule has 0 spiro atoms. The molecular formula is C15H16F2N4O. The second-order valence-electron chi connectivity index (χ2n) is 4.96. The van der Waals surface area contributed by atoms with E-state index in [2.05, 4.69) is 20.2 Å². The molecule has 22 heavy (non-hydrogen) atoms. The zero-order valence-electron chi connectivity index (χ0n) is 11.9. The molecule has 1 aliphatic rings. The lowest BCUT2D eigenvalue weighted by Crippen LogP contribution is -2.43. The quantitative estimate of drug-likeness (QED) is 0.932. The Morgan fingerprint density at radius 2 is 2.00 bits per heavy atom. The highest BCUT2D eigenvalue weighted by Gasteiger charge is 2.13. The minimum absolute atomic E-state index is 0.116. The highest BCUT2D eigenvalue weighted by molar-refractivity contribution is 5.38. The van der Waals surface area contributed by atoms with E-state index in [1.165, 1.54) is 0 Å². The molecule has 0 atom stereocenters. The molecule has 116 valence electrons. The van der Waals surface area contributed by atoms with Gasteiger partial charge >= 0.3 is 6.01 Å². The number of hydrogen-bond donors (Lipinski definition) is 1. The lowest BCUT2D eigenvalue weighted by molar-refractivity contribution is 0.274. The smallest absolute Gasteiger partial charge is 0.318 e. The van der Waals surface area contributed by atoms with Gasteiger partial charge in [0.05, 0.1) is 0 Å². The number of ether oxygens (including phenoxy) is 1. The molecule has 1 N–H and O–H groups in total. The SMILES string of the molecule is Fc1ccc(F)c(COc2nccc(N3CCNCC3)n2)c1. The van der Waals surface area contributed by atoms with E-state index in [0.717, 1.165) is 50.2 Å². The molecule has 3 rings (SSSR count). The van der Waals surface area contributed by atoms with Crippen molar-refractivity contribution in [1.29, 1.82) is 0 Å². The normalized spacial score (nSPS) is 14.9. The van der Waals surface area contributed by atoms with Crippen molar-refractivity contribution in [2.24, 2.45) is 0 Å². The van der Waals surface area contributed by atoms with E-state index in [9.17, 15) is 8.78 Å². The van der Waals surface area contributed by atoms with Crippen LogP contribution in [0.25, 0.3) is 0 Å². The highest BCUT2D eigenvalue weighted by atomic mass is 19.1. The summed E-state index contributed by atoms with van der Waals surface area (Å²) in [5, 5.41) is 3.26. The maximum Gasteiger partial charge on any atom is 0.318 e. The fraction of sp³-hybridized carbons (Fsp3) is 0.333. The zero-order chi connectivity index (χ0) is 15.4. The molecule has 1 aromatic heterocycles. The van der Waals surface area contributed by atoms with Gasteiger partial charge in [0.25, 0.3) is 0 Å². The molecule has 0 amide bonds.